The molecule has 4 rings (SSSR count). The molecule has 50 heavy (non-hydrogen) atoms. The third kappa shape index (κ3) is 12.5. The number of hydrogen-bond acceptors (Lipinski definition) is 7. The largest absolute Gasteiger partial charge is 0.495 e. The van der Waals surface area contributed by atoms with Crippen LogP contribution >= 0.6 is 0 Å². The van der Waals surface area contributed by atoms with Crippen LogP contribution in [0.1, 0.15) is 54.3 Å². The number of carbonyl (C=O) groups excluding carboxylic acids is 3. The Hall–Kier alpha value is -5.56. The monoisotopic (exact) mass is 690 g/mol. The molecule has 3 aromatic carbocycles. The zero-order valence-electron chi connectivity index (χ0n) is 28.5. The van der Waals surface area contributed by atoms with Gasteiger partial charge in [-0.3, -0.25) is 9.59 Å². The van der Waals surface area contributed by atoms with E-state index in [1.54, 1.807) is 48.4 Å². The number of para-hydroxylation sites is 2. The molecule has 0 unspecified atom stereocenters. The molecule has 0 bridgehead atoms. The Morgan fingerprint density at radius 3 is 1.98 bits per heavy atom. The van der Waals surface area contributed by atoms with Gasteiger partial charge in [-0.15, -0.1) is 0 Å². The van der Waals surface area contributed by atoms with Crippen LogP contribution < -0.4 is 20.3 Å². The number of carboxylic acids is 2. The van der Waals surface area contributed by atoms with Crippen molar-refractivity contribution in [2.24, 2.45) is 5.92 Å². The van der Waals surface area contributed by atoms with Gasteiger partial charge < -0.3 is 35.4 Å². The number of rotatable bonds is 11. The Morgan fingerprint density at radius 2 is 1.44 bits per heavy atom. The number of ether oxygens (including phenoxy) is 1. The van der Waals surface area contributed by atoms with Crippen molar-refractivity contribution in [1.29, 1.82) is 0 Å². The molecule has 3 amide bonds. The van der Waals surface area contributed by atoms with Crippen molar-refractivity contribution >= 4 is 41.0 Å². The molecular weight excluding hydrogens is 647 g/mol. The summed E-state index contributed by atoms with van der Waals surface area (Å²) in [6, 6.07) is 19.6. The maximum Gasteiger partial charge on any atom is 0.328 e. The van der Waals surface area contributed by atoms with E-state index in [1.807, 2.05) is 45.0 Å². The van der Waals surface area contributed by atoms with E-state index >= 15 is 0 Å². The zero-order valence-corrected chi connectivity index (χ0v) is 28.5. The number of amides is 3. The number of aliphatic carboxylic acids is 2. The van der Waals surface area contributed by atoms with E-state index < -0.39 is 11.9 Å². The van der Waals surface area contributed by atoms with Crippen LogP contribution in [-0.4, -0.2) is 83.6 Å². The summed E-state index contributed by atoms with van der Waals surface area (Å²) in [5.41, 5.74) is 1.89. The van der Waals surface area contributed by atoms with Crippen LogP contribution in [0.15, 0.2) is 84.9 Å². The summed E-state index contributed by atoms with van der Waals surface area (Å²) < 4.78 is 18.8. The van der Waals surface area contributed by atoms with Crippen molar-refractivity contribution in [1.82, 2.24) is 10.2 Å². The highest BCUT2D eigenvalue weighted by atomic mass is 19.1. The topological polar surface area (TPSA) is 166 Å². The summed E-state index contributed by atoms with van der Waals surface area (Å²) in [5.74, 6) is -2.52. The Kier molecular flexibility index (Phi) is 14.2. The number of piperidine rings is 1. The molecule has 12 nitrogen and oxygen atoms in total. The summed E-state index contributed by atoms with van der Waals surface area (Å²) in [5, 5.41) is 21.3. The average molecular weight is 691 g/mol. The Labute approximate surface area is 290 Å². The number of hydrogen-bond donors (Lipinski definition) is 4. The first-order valence-corrected chi connectivity index (χ1v) is 16.0. The predicted molar refractivity (Wildman–Crippen MR) is 187 cm³/mol. The number of carbonyl (C=O) groups is 5. The average Bonchev–Trinajstić information content (AvgIpc) is 3.07. The highest BCUT2D eigenvalue weighted by Crippen LogP contribution is 2.30. The van der Waals surface area contributed by atoms with E-state index in [1.165, 1.54) is 12.1 Å². The Balaban J connectivity index is 0.000000753. The maximum absolute atomic E-state index is 13.8. The van der Waals surface area contributed by atoms with Gasteiger partial charge in [-0.2, -0.15) is 0 Å². The molecule has 1 fully saturated rings. The molecular formula is C37H43FN4O8. The van der Waals surface area contributed by atoms with Gasteiger partial charge >= 0.3 is 18.0 Å². The smallest absolute Gasteiger partial charge is 0.328 e. The number of urea groups is 1. The fourth-order valence-corrected chi connectivity index (χ4v) is 5.19. The number of nitrogens with zero attached hydrogens (tertiary/aromatic N) is 2. The van der Waals surface area contributed by atoms with E-state index in [4.69, 9.17) is 14.9 Å². The lowest BCUT2D eigenvalue weighted by Crippen LogP contribution is -2.43. The van der Waals surface area contributed by atoms with Crippen molar-refractivity contribution in [3.8, 4) is 5.75 Å². The van der Waals surface area contributed by atoms with Gasteiger partial charge in [-0.1, -0.05) is 12.1 Å². The number of Topliss-reactive ketones (excluding diaryl/α,β-unsaturated/α-hetero) is 1. The first-order valence-electron chi connectivity index (χ1n) is 16.0. The molecule has 3 aromatic rings. The van der Waals surface area contributed by atoms with E-state index in [0.29, 0.717) is 66.3 Å². The number of ketones is 1. The molecule has 0 aliphatic carbocycles. The molecule has 1 saturated heterocycles. The molecule has 4 N–H and O–H groups in total. The molecule has 0 aromatic heterocycles. The van der Waals surface area contributed by atoms with Gasteiger partial charge in [0.05, 0.1) is 12.8 Å². The van der Waals surface area contributed by atoms with Crippen LogP contribution in [0.25, 0.3) is 0 Å². The number of anilines is 2. The molecule has 1 aliphatic heterocycles. The number of halogens is 1. The summed E-state index contributed by atoms with van der Waals surface area (Å²) in [6.45, 7) is 8.19. The van der Waals surface area contributed by atoms with Crippen LogP contribution in [0, 0.1) is 11.7 Å². The van der Waals surface area contributed by atoms with Gasteiger partial charge in [0.15, 0.2) is 5.78 Å². The summed E-state index contributed by atoms with van der Waals surface area (Å²) in [4.78, 5) is 62.0. The minimum absolute atomic E-state index is 0.0503. The number of likely N-dealkylation sites (tertiary alicyclic amines) is 1. The van der Waals surface area contributed by atoms with E-state index in [9.17, 15) is 28.4 Å². The van der Waals surface area contributed by atoms with Gasteiger partial charge in [0.25, 0.3) is 5.91 Å². The van der Waals surface area contributed by atoms with Crippen molar-refractivity contribution < 1.29 is 43.3 Å². The molecule has 0 spiro atoms. The number of methoxy groups -OCH3 is 1. The number of carboxylic acid groups (broad SMARTS) is 2. The second kappa shape index (κ2) is 18.3. The van der Waals surface area contributed by atoms with Crippen molar-refractivity contribution in [2.75, 3.05) is 43.5 Å². The van der Waals surface area contributed by atoms with Gasteiger partial charge in [-0.25, -0.2) is 18.8 Å². The quantitative estimate of drug-likeness (QED) is 0.146. The highest BCUT2D eigenvalue weighted by Gasteiger charge is 2.27. The molecule has 0 atom stereocenters. The molecule has 1 heterocycles. The lowest BCUT2D eigenvalue weighted by atomic mass is 9.89. The van der Waals surface area contributed by atoms with Gasteiger partial charge in [0.1, 0.15) is 11.6 Å². The van der Waals surface area contributed by atoms with Gasteiger partial charge in [0, 0.05) is 53.5 Å². The minimum Gasteiger partial charge on any atom is -0.495 e. The molecule has 0 saturated carbocycles. The number of nitrogens with one attached hydrogen (secondary N) is 2. The normalized spacial score (nSPS) is 13.5. The second-order valence-corrected chi connectivity index (χ2v) is 12.5. The Morgan fingerprint density at radius 1 is 0.880 bits per heavy atom. The summed E-state index contributed by atoms with van der Waals surface area (Å²) in [7, 11) is 1.58. The molecule has 266 valence electrons. The van der Waals surface area contributed by atoms with E-state index in [2.05, 4.69) is 15.5 Å². The van der Waals surface area contributed by atoms with Crippen molar-refractivity contribution in [3.63, 3.8) is 0 Å². The first-order chi connectivity index (χ1) is 23.7. The van der Waals surface area contributed by atoms with Crippen LogP contribution in [-0.2, 0) is 9.59 Å². The maximum atomic E-state index is 13.8. The Bertz CT molecular complexity index is 1650. The van der Waals surface area contributed by atoms with E-state index in [0.717, 1.165) is 13.1 Å². The van der Waals surface area contributed by atoms with Crippen molar-refractivity contribution in [3.05, 3.63) is 102 Å². The van der Waals surface area contributed by atoms with Gasteiger partial charge in [-0.05, 0) is 107 Å². The zero-order chi connectivity index (χ0) is 36.8. The molecule has 0 radical (unpaired) electrons. The van der Waals surface area contributed by atoms with Crippen LogP contribution in [0.5, 0.6) is 5.75 Å². The minimum atomic E-state index is -1.26. The summed E-state index contributed by atoms with van der Waals surface area (Å²) >= 11 is 0. The van der Waals surface area contributed by atoms with Gasteiger partial charge in [0.2, 0.25) is 0 Å². The fourth-order valence-electron chi connectivity index (χ4n) is 5.19. The SMILES string of the molecule is COc1ccccc1N(CCN1CCC(C(=O)c2ccc(F)cc2)CC1)C(=O)c1ccc(NC(=O)NC(C)(C)C)cc1.O=C(O)C=CC(=O)O. The lowest BCUT2D eigenvalue weighted by Gasteiger charge is -2.33. The fraction of sp³-hybridized carbons (Fsp3) is 0.324. The third-order valence-corrected chi connectivity index (χ3v) is 7.59. The predicted octanol–water partition coefficient (Wildman–Crippen LogP) is 5.71. The lowest BCUT2D eigenvalue weighted by molar-refractivity contribution is -0.134. The van der Waals surface area contributed by atoms with Crippen molar-refractivity contribution in [2.45, 2.75) is 39.2 Å². The third-order valence-electron chi connectivity index (χ3n) is 7.59. The second-order valence-electron chi connectivity index (χ2n) is 12.5. The van der Waals surface area contributed by atoms with Crippen LogP contribution in [0.2, 0.25) is 0 Å². The molecule has 1 aliphatic rings. The van der Waals surface area contributed by atoms with Crippen LogP contribution in [0.3, 0.4) is 0 Å². The first kappa shape index (κ1) is 38.9. The standard InChI is InChI=1S/C33H39FN4O4.C4H4O4/c1-33(2,3)36-32(41)35-27-15-11-25(12-16-27)31(40)38(28-7-5-6-8-29(28)42-4)22-21-37-19-17-24(18-20-37)30(39)23-9-13-26(34)14-10-23;5-3(6)1-2-4(7)8/h5-16,24H,17-22H2,1-4H3,(H2,35,36,41);1-2H,(H,5,6)(H,7,8). The number of benzene rings is 3. The molecule has 13 heteroatoms. The van der Waals surface area contributed by atoms with E-state index in [-0.39, 0.29) is 35.0 Å². The summed E-state index contributed by atoms with van der Waals surface area (Å²) in [6.07, 6.45) is 2.52. The van der Waals surface area contributed by atoms with Crippen LogP contribution in [0.4, 0.5) is 20.6 Å². The highest BCUT2D eigenvalue weighted by molar-refractivity contribution is 6.07.